The summed E-state index contributed by atoms with van der Waals surface area (Å²) in [6, 6.07) is 10.2. The lowest BCUT2D eigenvalue weighted by Crippen LogP contribution is -2.36. The number of guanidine groups is 1. The van der Waals surface area contributed by atoms with Gasteiger partial charge in [0.25, 0.3) is 5.91 Å². The molecule has 3 aliphatic heterocycles. The highest BCUT2D eigenvalue weighted by molar-refractivity contribution is 6.02. The molecule has 9 nitrogen and oxygen atoms in total. The molecule has 0 spiro atoms. The van der Waals surface area contributed by atoms with Gasteiger partial charge in [-0.3, -0.25) is 9.79 Å². The molecule has 1 saturated heterocycles. The predicted molar refractivity (Wildman–Crippen MR) is 121 cm³/mol. The summed E-state index contributed by atoms with van der Waals surface area (Å²) in [6.45, 7) is 4.39. The first kappa shape index (κ1) is 19.5. The van der Waals surface area contributed by atoms with Gasteiger partial charge >= 0.3 is 0 Å². The van der Waals surface area contributed by atoms with Gasteiger partial charge < -0.3 is 26.0 Å². The van der Waals surface area contributed by atoms with E-state index in [-0.39, 0.29) is 17.8 Å². The van der Waals surface area contributed by atoms with Crippen molar-refractivity contribution in [1.82, 2.24) is 10.3 Å². The van der Waals surface area contributed by atoms with Crippen LogP contribution < -0.4 is 21.3 Å². The van der Waals surface area contributed by atoms with Crippen molar-refractivity contribution in [2.45, 2.75) is 12.3 Å². The molecule has 31 heavy (non-hydrogen) atoms. The van der Waals surface area contributed by atoms with Gasteiger partial charge in [0, 0.05) is 37.2 Å². The third-order valence-corrected chi connectivity index (χ3v) is 5.75. The van der Waals surface area contributed by atoms with Gasteiger partial charge in [-0.2, -0.15) is 0 Å². The largest absolute Gasteiger partial charge is 0.378 e. The number of hydrogen-bond acceptors (Lipinski definition) is 8. The zero-order valence-electron chi connectivity index (χ0n) is 17.2. The molecule has 0 saturated carbocycles. The van der Waals surface area contributed by atoms with Gasteiger partial charge in [0.15, 0.2) is 0 Å². The number of pyridine rings is 1. The Hall–Kier alpha value is -3.46. The fourth-order valence-corrected chi connectivity index (χ4v) is 4.08. The van der Waals surface area contributed by atoms with Gasteiger partial charge in [0.1, 0.15) is 5.82 Å². The van der Waals surface area contributed by atoms with Crippen molar-refractivity contribution in [2.24, 2.45) is 15.7 Å². The lowest BCUT2D eigenvalue weighted by atomic mass is 9.96. The van der Waals surface area contributed by atoms with Crippen LogP contribution in [0.3, 0.4) is 0 Å². The molecule has 2 aromatic rings. The van der Waals surface area contributed by atoms with Gasteiger partial charge in [-0.05, 0) is 42.3 Å². The first-order valence-electron chi connectivity index (χ1n) is 10.5. The second kappa shape index (κ2) is 8.35. The third kappa shape index (κ3) is 4.09. The highest BCUT2D eigenvalue weighted by Gasteiger charge is 2.25. The molecule has 1 aromatic heterocycles. The van der Waals surface area contributed by atoms with Crippen molar-refractivity contribution in [3.05, 3.63) is 47.2 Å². The number of nitrogens with one attached hydrogen (secondary N) is 2. The molecule has 5 rings (SSSR count). The zero-order valence-corrected chi connectivity index (χ0v) is 17.2. The van der Waals surface area contributed by atoms with Crippen LogP contribution in [0.5, 0.6) is 0 Å². The molecule has 0 radical (unpaired) electrons. The molecule has 1 atom stereocenters. The number of fused-ring (bicyclic) bond motifs is 1. The number of morpholine rings is 1. The number of benzene rings is 1. The molecule has 4 heterocycles. The van der Waals surface area contributed by atoms with Crippen LogP contribution in [0.15, 0.2) is 40.3 Å². The highest BCUT2D eigenvalue weighted by Crippen LogP contribution is 2.29. The summed E-state index contributed by atoms with van der Waals surface area (Å²) in [4.78, 5) is 28.1. The highest BCUT2D eigenvalue weighted by atomic mass is 16.5. The minimum absolute atomic E-state index is 0.0631. The summed E-state index contributed by atoms with van der Waals surface area (Å²) in [5, 5.41) is 6.28. The van der Waals surface area contributed by atoms with Crippen LogP contribution >= 0.6 is 0 Å². The number of rotatable bonds is 4. The summed E-state index contributed by atoms with van der Waals surface area (Å²) in [7, 11) is 0. The van der Waals surface area contributed by atoms with Crippen LogP contribution in [0.25, 0.3) is 0 Å². The van der Waals surface area contributed by atoms with E-state index < -0.39 is 0 Å². The van der Waals surface area contributed by atoms with Crippen molar-refractivity contribution in [3.8, 4) is 0 Å². The lowest BCUT2D eigenvalue weighted by molar-refractivity contribution is 0.0946. The fraction of sp³-hybridized carbons (Fsp3) is 0.364. The molecule has 0 bridgehead atoms. The summed E-state index contributed by atoms with van der Waals surface area (Å²) in [5.74, 6) is 0.672. The Labute approximate surface area is 180 Å². The van der Waals surface area contributed by atoms with Gasteiger partial charge in [-0.15, -0.1) is 0 Å². The minimum atomic E-state index is -0.104. The van der Waals surface area contributed by atoms with Gasteiger partial charge in [0.05, 0.1) is 36.9 Å². The number of aromatic nitrogens is 1. The Balaban J connectivity index is 1.44. The molecular formula is C22H25N7O2. The number of amides is 1. The van der Waals surface area contributed by atoms with Gasteiger partial charge in [-0.1, -0.05) is 0 Å². The van der Waals surface area contributed by atoms with Crippen molar-refractivity contribution in [1.29, 1.82) is 0 Å². The van der Waals surface area contributed by atoms with E-state index in [0.717, 1.165) is 55.4 Å². The van der Waals surface area contributed by atoms with Crippen LogP contribution in [-0.2, 0) is 11.2 Å². The molecule has 1 fully saturated rings. The number of hydrogen-bond donors (Lipinski definition) is 3. The molecule has 160 valence electrons. The average Bonchev–Trinajstić information content (AvgIpc) is 2.80. The molecular weight excluding hydrogens is 394 g/mol. The number of carbonyl (C=O) groups is 1. The molecule has 4 N–H and O–H groups in total. The summed E-state index contributed by atoms with van der Waals surface area (Å²) >= 11 is 0. The van der Waals surface area contributed by atoms with Crippen molar-refractivity contribution in [2.75, 3.05) is 49.6 Å². The summed E-state index contributed by atoms with van der Waals surface area (Å²) in [5.41, 5.74) is 10.1. The molecule has 3 aliphatic rings. The quantitative estimate of drug-likeness (QED) is 0.690. The van der Waals surface area contributed by atoms with E-state index in [2.05, 4.69) is 37.7 Å². The second-order valence-corrected chi connectivity index (χ2v) is 7.79. The van der Waals surface area contributed by atoms with Crippen molar-refractivity contribution < 1.29 is 9.53 Å². The maximum absolute atomic E-state index is 12.6. The Morgan fingerprint density at radius 3 is 2.74 bits per heavy atom. The molecule has 1 aromatic carbocycles. The van der Waals surface area contributed by atoms with Crippen LogP contribution in [0.4, 0.5) is 17.2 Å². The van der Waals surface area contributed by atoms with E-state index in [9.17, 15) is 4.79 Å². The van der Waals surface area contributed by atoms with Crippen LogP contribution in [-0.4, -0.2) is 62.5 Å². The Morgan fingerprint density at radius 2 is 2.00 bits per heavy atom. The minimum Gasteiger partial charge on any atom is -0.378 e. The molecule has 1 unspecified atom stereocenters. The van der Waals surface area contributed by atoms with Crippen LogP contribution in [0, 0.1) is 0 Å². The summed E-state index contributed by atoms with van der Waals surface area (Å²) < 4.78 is 5.43. The maximum Gasteiger partial charge on any atom is 0.255 e. The Bertz CT molecular complexity index is 1040. The normalized spacial score (nSPS) is 20.6. The average molecular weight is 419 g/mol. The number of anilines is 3. The molecule has 1 amide bonds. The lowest BCUT2D eigenvalue weighted by Gasteiger charge is -2.29. The zero-order chi connectivity index (χ0) is 21.2. The Kier molecular flexibility index (Phi) is 5.25. The van der Waals surface area contributed by atoms with Gasteiger partial charge in [-0.25, -0.2) is 9.98 Å². The van der Waals surface area contributed by atoms with E-state index in [1.54, 1.807) is 6.21 Å². The van der Waals surface area contributed by atoms with Crippen LogP contribution in [0.2, 0.25) is 0 Å². The van der Waals surface area contributed by atoms with Crippen LogP contribution in [0.1, 0.15) is 27.5 Å². The smallest absolute Gasteiger partial charge is 0.255 e. The summed E-state index contributed by atoms with van der Waals surface area (Å²) in [6.07, 6.45) is 2.54. The van der Waals surface area contributed by atoms with Gasteiger partial charge in [0.2, 0.25) is 5.96 Å². The standard InChI is InChI=1S/C22H25N7O2/c23-22-25-12-15(13-26-22)18-11-14-5-6-24-21(30)19(14)20(28-18)27-16-1-3-17(4-2-16)29-7-9-31-10-8-29/h1-4,11-12,15H,5-10,13H2,(H2,23,26)(H,24,30)(H,27,28). The van der Waals surface area contributed by atoms with Crippen molar-refractivity contribution in [3.63, 3.8) is 0 Å². The first-order chi connectivity index (χ1) is 15.2. The third-order valence-electron chi connectivity index (χ3n) is 5.75. The maximum atomic E-state index is 12.6. The SMILES string of the molecule is NC1=NCC(c2cc3c(c(Nc4ccc(N5CCOCC5)cc4)n2)C(=O)NCC3)C=N1. The number of ether oxygens (including phenoxy) is 1. The number of nitrogens with two attached hydrogens (primary N) is 1. The first-order valence-corrected chi connectivity index (χ1v) is 10.5. The van der Waals surface area contributed by atoms with E-state index in [0.29, 0.717) is 24.5 Å². The molecule has 0 aliphatic carbocycles. The topological polar surface area (TPSA) is 117 Å². The monoisotopic (exact) mass is 419 g/mol. The predicted octanol–water partition coefficient (Wildman–Crippen LogP) is 1.43. The Morgan fingerprint density at radius 1 is 1.19 bits per heavy atom. The number of nitrogens with zero attached hydrogens (tertiary/aromatic N) is 4. The van der Waals surface area contributed by atoms with Crippen molar-refractivity contribution >= 4 is 35.3 Å². The number of carbonyl (C=O) groups excluding carboxylic acids is 1. The van der Waals surface area contributed by atoms with E-state index in [1.807, 2.05) is 18.2 Å². The van der Waals surface area contributed by atoms with E-state index in [4.69, 9.17) is 15.5 Å². The van der Waals surface area contributed by atoms with E-state index in [1.165, 1.54) is 0 Å². The fourth-order valence-electron chi connectivity index (χ4n) is 4.08. The van der Waals surface area contributed by atoms with E-state index >= 15 is 0 Å². The molecule has 9 heteroatoms. The number of aliphatic imine (C=N–C) groups is 2. The second-order valence-electron chi connectivity index (χ2n) is 7.79.